The first-order valence-corrected chi connectivity index (χ1v) is 10.2. The lowest BCUT2D eigenvalue weighted by Crippen LogP contribution is -2.27. The van der Waals surface area contributed by atoms with Gasteiger partial charge in [0.1, 0.15) is 11.7 Å². The Balaban J connectivity index is 1.85. The summed E-state index contributed by atoms with van der Waals surface area (Å²) >= 11 is 0. The van der Waals surface area contributed by atoms with E-state index in [9.17, 15) is 26.7 Å². The lowest BCUT2D eigenvalue weighted by Gasteiger charge is -2.19. The first-order chi connectivity index (χ1) is 13.6. The van der Waals surface area contributed by atoms with Crippen molar-refractivity contribution in [3.8, 4) is 5.88 Å². The Bertz CT molecular complexity index is 968. The fourth-order valence-electron chi connectivity index (χ4n) is 2.86. The molecule has 0 bridgehead atoms. The third-order valence-corrected chi connectivity index (χ3v) is 5.86. The van der Waals surface area contributed by atoms with Crippen molar-refractivity contribution in [1.82, 2.24) is 14.7 Å². The van der Waals surface area contributed by atoms with E-state index in [-0.39, 0.29) is 10.8 Å². The van der Waals surface area contributed by atoms with Crippen LogP contribution in [-0.2, 0) is 16.2 Å². The molecular formula is C17H19F3N4O4S. The Kier molecular flexibility index (Phi) is 5.96. The molecule has 1 fully saturated rings. The number of benzene rings is 1. The van der Waals surface area contributed by atoms with Crippen LogP contribution in [0.25, 0.3) is 0 Å². The molecule has 1 aliphatic rings. The number of hydrogen-bond acceptors (Lipinski definition) is 7. The van der Waals surface area contributed by atoms with Gasteiger partial charge in [-0.25, -0.2) is 18.1 Å². The maximum Gasteiger partial charge on any atom is 0.423 e. The zero-order valence-electron chi connectivity index (χ0n) is 15.3. The van der Waals surface area contributed by atoms with Gasteiger partial charge in [0.25, 0.3) is 0 Å². The predicted octanol–water partition coefficient (Wildman–Crippen LogP) is 2.44. The predicted molar refractivity (Wildman–Crippen MR) is 97.3 cm³/mol. The molecular weight excluding hydrogens is 413 g/mol. The van der Waals surface area contributed by atoms with Gasteiger partial charge in [-0.3, -0.25) is 0 Å². The summed E-state index contributed by atoms with van der Waals surface area (Å²) in [6.45, 7) is 0. The van der Waals surface area contributed by atoms with Gasteiger partial charge >= 0.3 is 6.18 Å². The van der Waals surface area contributed by atoms with Crippen LogP contribution in [0.15, 0.2) is 35.4 Å². The highest BCUT2D eigenvalue weighted by molar-refractivity contribution is 7.89. The zero-order valence-corrected chi connectivity index (χ0v) is 16.1. The Morgan fingerprint density at radius 3 is 2.45 bits per heavy atom. The topological polar surface area (TPSA) is 113 Å². The number of halogens is 3. The monoisotopic (exact) mass is 432 g/mol. The van der Waals surface area contributed by atoms with E-state index >= 15 is 0 Å². The molecule has 0 radical (unpaired) electrons. The second kappa shape index (κ2) is 8.13. The summed E-state index contributed by atoms with van der Waals surface area (Å²) < 4.78 is 70.8. The van der Waals surface area contributed by atoms with E-state index in [1.54, 1.807) is 0 Å². The molecule has 0 aliphatic heterocycles. The maximum absolute atomic E-state index is 13.3. The van der Waals surface area contributed by atoms with Gasteiger partial charge in [-0.15, -0.1) is 0 Å². The number of sulfonamides is 1. The maximum atomic E-state index is 13.3. The number of aliphatic hydroxyl groups excluding tert-OH is 1. The van der Waals surface area contributed by atoms with E-state index < -0.39 is 39.9 Å². The lowest BCUT2D eigenvalue weighted by molar-refractivity contribution is -0.140. The Morgan fingerprint density at radius 1 is 1.21 bits per heavy atom. The fraction of sp³-hybridized carbons (Fsp3) is 0.412. The molecule has 1 aromatic heterocycles. The Hall–Kier alpha value is -2.44. The molecule has 12 heteroatoms. The SMILES string of the molecule is CNS(=O)(=O)c1ccc(Nc2ncc(C(F)(F)F)c(O[C@@H]3CCC[C@@H]3O)n2)cc1. The summed E-state index contributed by atoms with van der Waals surface area (Å²) in [5, 5.41) is 12.5. The number of alkyl halides is 3. The highest BCUT2D eigenvalue weighted by atomic mass is 32.2. The number of ether oxygens (including phenoxy) is 1. The molecule has 1 saturated carbocycles. The summed E-state index contributed by atoms with van der Waals surface area (Å²) in [4.78, 5) is 7.51. The largest absolute Gasteiger partial charge is 0.471 e. The normalized spacial score (nSPS) is 19.9. The van der Waals surface area contributed by atoms with Crippen LogP contribution in [0.3, 0.4) is 0 Å². The highest BCUT2D eigenvalue weighted by Crippen LogP contribution is 2.37. The van der Waals surface area contributed by atoms with Crippen molar-refractivity contribution in [2.75, 3.05) is 12.4 Å². The number of hydrogen-bond donors (Lipinski definition) is 3. The average Bonchev–Trinajstić information content (AvgIpc) is 3.06. The number of nitrogens with one attached hydrogen (secondary N) is 2. The number of anilines is 2. The number of aromatic nitrogens is 2. The second-order valence-corrected chi connectivity index (χ2v) is 8.31. The van der Waals surface area contributed by atoms with E-state index in [2.05, 4.69) is 20.0 Å². The molecule has 3 N–H and O–H groups in total. The van der Waals surface area contributed by atoms with Gasteiger partial charge < -0.3 is 15.2 Å². The minimum Gasteiger partial charge on any atom is -0.471 e. The van der Waals surface area contributed by atoms with E-state index in [1.165, 1.54) is 31.3 Å². The van der Waals surface area contributed by atoms with Gasteiger partial charge in [0, 0.05) is 11.9 Å². The minimum atomic E-state index is -4.72. The fourth-order valence-corrected chi connectivity index (χ4v) is 3.59. The van der Waals surface area contributed by atoms with Crippen LogP contribution in [0.1, 0.15) is 24.8 Å². The van der Waals surface area contributed by atoms with E-state index in [0.29, 0.717) is 31.1 Å². The summed E-state index contributed by atoms with van der Waals surface area (Å²) in [5.41, 5.74) is -0.774. The highest BCUT2D eigenvalue weighted by Gasteiger charge is 2.38. The van der Waals surface area contributed by atoms with E-state index in [4.69, 9.17) is 4.74 Å². The summed E-state index contributed by atoms with van der Waals surface area (Å²) in [6, 6.07) is 5.49. The van der Waals surface area contributed by atoms with Crippen molar-refractivity contribution in [2.45, 2.75) is 42.5 Å². The van der Waals surface area contributed by atoms with Crippen LogP contribution in [0.5, 0.6) is 5.88 Å². The first kappa shape index (κ1) is 21.3. The van der Waals surface area contributed by atoms with Gasteiger partial charge in [-0.05, 0) is 50.6 Å². The van der Waals surface area contributed by atoms with Crippen molar-refractivity contribution in [1.29, 1.82) is 0 Å². The standard InChI is InChI=1S/C17H19F3N4O4S/c1-21-29(26,27)11-7-5-10(6-8-11)23-16-22-9-12(17(18,19)20)15(24-16)28-14-4-2-3-13(14)25/h5-9,13-14,21,25H,2-4H2,1H3,(H,22,23,24)/t13-,14+/m0/s1. The molecule has 2 aromatic rings. The van der Waals surface area contributed by atoms with Crippen LogP contribution in [-0.4, -0.2) is 42.7 Å². The van der Waals surface area contributed by atoms with Crippen molar-refractivity contribution < 1.29 is 31.4 Å². The third kappa shape index (κ3) is 4.95. The Labute approximate surface area is 165 Å². The van der Waals surface area contributed by atoms with Crippen LogP contribution in [0, 0.1) is 0 Å². The van der Waals surface area contributed by atoms with E-state index in [0.717, 1.165) is 0 Å². The van der Waals surface area contributed by atoms with Crippen molar-refractivity contribution >= 4 is 21.7 Å². The smallest absolute Gasteiger partial charge is 0.423 e. The molecule has 8 nitrogen and oxygen atoms in total. The Morgan fingerprint density at radius 2 is 1.90 bits per heavy atom. The molecule has 0 unspecified atom stereocenters. The number of aliphatic hydroxyl groups is 1. The third-order valence-electron chi connectivity index (χ3n) is 4.43. The summed E-state index contributed by atoms with van der Waals surface area (Å²) in [6.07, 6.45) is -4.23. The van der Waals surface area contributed by atoms with Gasteiger partial charge in [-0.1, -0.05) is 0 Å². The van der Waals surface area contributed by atoms with Gasteiger partial charge in [0.05, 0.1) is 11.0 Å². The average molecular weight is 432 g/mol. The van der Waals surface area contributed by atoms with Crippen LogP contribution in [0.4, 0.5) is 24.8 Å². The molecule has 3 rings (SSSR count). The molecule has 158 valence electrons. The molecule has 1 aliphatic carbocycles. The summed E-state index contributed by atoms with van der Waals surface area (Å²) in [5.74, 6) is -0.833. The first-order valence-electron chi connectivity index (χ1n) is 8.70. The molecule has 0 spiro atoms. The molecule has 2 atom stereocenters. The molecule has 29 heavy (non-hydrogen) atoms. The number of rotatable bonds is 6. The van der Waals surface area contributed by atoms with Crippen LogP contribution in [0.2, 0.25) is 0 Å². The zero-order chi connectivity index (χ0) is 21.2. The van der Waals surface area contributed by atoms with Gasteiger partial charge in [0.2, 0.25) is 21.9 Å². The van der Waals surface area contributed by atoms with Crippen LogP contribution < -0.4 is 14.8 Å². The summed E-state index contributed by atoms with van der Waals surface area (Å²) in [7, 11) is -2.33. The van der Waals surface area contributed by atoms with Gasteiger partial charge in [-0.2, -0.15) is 18.2 Å². The van der Waals surface area contributed by atoms with Crippen LogP contribution >= 0.6 is 0 Å². The quantitative estimate of drug-likeness (QED) is 0.643. The van der Waals surface area contributed by atoms with Gasteiger partial charge in [0.15, 0.2) is 0 Å². The molecule has 0 amide bonds. The molecule has 1 aromatic carbocycles. The van der Waals surface area contributed by atoms with Crippen molar-refractivity contribution in [3.63, 3.8) is 0 Å². The van der Waals surface area contributed by atoms with Crippen molar-refractivity contribution in [3.05, 3.63) is 36.0 Å². The molecule has 0 saturated heterocycles. The number of nitrogens with zero attached hydrogens (tertiary/aromatic N) is 2. The van der Waals surface area contributed by atoms with Crippen molar-refractivity contribution in [2.24, 2.45) is 0 Å². The van der Waals surface area contributed by atoms with E-state index in [1.807, 2.05) is 0 Å². The minimum absolute atomic E-state index is 0.0260. The lowest BCUT2D eigenvalue weighted by atomic mass is 10.2. The second-order valence-electron chi connectivity index (χ2n) is 6.42. The molecule has 1 heterocycles.